The molecule has 250 valence electrons. The number of pyridine rings is 2. The second kappa shape index (κ2) is 12.6. The number of alkyl halides is 6. The Bertz CT molecular complexity index is 1920. The summed E-state index contributed by atoms with van der Waals surface area (Å²) in [7, 11) is 2.24. The average molecular weight is 671 g/mol. The van der Waals surface area contributed by atoms with Gasteiger partial charge in [-0.2, -0.15) is 26.3 Å². The number of carboxylic acids is 1. The highest BCUT2D eigenvalue weighted by Crippen LogP contribution is 2.38. The number of aromatic nitrogens is 2. The van der Waals surface area contributed by atoms with Gasteiger partial charge in [0.05, 0.1) is 16.6 Å². The third-order valence-electron chi connectivity index (χ3n) is 7.85. The molecule has 2 N–H and O–H groups in total. The van der Waals surface area contributed by atoms with Gasteiger partial charge in [0.1, 0.15) is 29.3 Å². The normalized spacial score (nSPS) is 13.4. The summed E-state index contributed by atoms with van der Waals surface area (Å²) >= 11 is 0. The standard InChI is InChI=1S/C31H26F8N4O4/c1-14-10-20(31(37,38)39)24(28(45)42(14)3)19-8-7-16(18-6-5-9-40-26(18)19)11-23(29(46)47)41-27(44)25-21(32)12-17(13-22(25)33)43(4)15(2)30(34,35)36/h5-10,12-13,15,23H,11H2,1-4H3,(H,41,44)(H,46,47)/t15-,23+/m1/s1. The van der Waals surface area contributed by atoms with Crippen molar-refractivity contribution in [1.82, 2.24) is 14.9 Å². The van der Waals surface area contributed by atoms with E-state index >= 15 is 0 Å². The van der Waals surface area contributed by atoms with Gasteiger partial charge in [-0.05, 0) is 43.7 Å². The van der Waals surface area contributed by atoms with Gasteiger partial charge in [-0.15, -0.1) is 0 Å². The van der Waals surface area contributed by atoms with Crippen LogP contribution < -0.4 is 15.8 Å². The second-order valence-electron chi connectivity index (χ2n) is 10.8. The number of nitrogens with one attached hydrogen (secondary N) is 1. The summed E-state index contributed by atoms with van der Waals surface area (Å²) in [4.78, 5) is 42.8. The van der Waals surface area contributed by atoms with Crippen molar-refractivity contribution in [2.24, 2.45) is 7.05 Å². The fourth-order valence-electron chi connectivity index (χ4n) is 4.99. The summed E-state index contributed by atoms with van der Waals surface area (Å²) in [5, 5.41) is 12.0. The third kappa shape index (κ3) is 6.90. The van der Waals surface area contributed by atoms with Crippen LogP contribution in [0.5, 0.6) is 0 Å². The Morgan fingerprint density at radius 3 is 2.21 bits per heavy atom. The van der Waals surface area contributed by atoms with Gasteiger partial charge in [-0.3, -0.25) is 14.6 Å². The fourth-order valence-corrected chi connectivity index (χ4v) is 4.99. The zero-order valence-electron chi connectivity index (χ0n) is 25.0. The maximum atomic E-state index is 14.9. The molecule has 47 heavy (non-hydrogen) atoms. The number of benzene rings is 2. The minimum absolute atomic E-state index is 0.0467. The Morgan fingerprint density at radius 1 is 1.04 bits per heavy atom. The van der Waals surface area contributed by atoms with E-state index in [0.29, 0.717) is 17.0 Å². The van der Waals surface area contributed by atoms with Gasteiger partial charge in [-0.25, -0.2) is 13.6 Å². The molecular formula is C31H26F8N4O4. The van der Waals surface area contributed by atoms with Gasteiger partial charge in [0.2, 0.25) is 0 Å². The van der Waals surface area contributed by atoms with Crippen molar-refractivity contribution in [1.29, 1.82) is 0 Å². The zero-order valence-corrected chi connectivity index (χ0v) is 25.0. The first-order chi connectivity index (χ1) is 21.7. The third-order valence-corrected chi connectivity index (χ3v) is 7.85. The topological polar surface area (TPSA) is 105 Å². The molecule has 0 aliphatic heterocycles. The van der Waals surface area contributed by atoms with E-state index in [1.54, 1.807) is 0 Å². The molecule has 2 aromatic carbocycles. The summed E-state index contributed by atoms with van der Waals surface area (Å²) in [6, 6.07) is 3.04. The number of aryl methyl sites for hydroxylation is 1. The first kappa shape index (κ1) is 34.8. The molecule has 2 aromatic heterocycles. The summed E-state index contributed by atoms with van der Waals surface area (Å²) in [5.74, 6) is -6.28. The van der Waals surface area contributed by atoms with Gasteiger partial charge in [0.15, 0.2) is 0 Å². The Hall–Kier alpha value is -5.02. The van der Waals surface area contributed by atoms with Crippen LogP contribution in [0.1, 0.15) is 34.1 Å². The Kier molecular flexibility index (Phi) is 9.37. The lowest BCUT2D eigenvalue weighted by atomic mass is 9.93. The summed E-state index contributed by atoms with van der Waals surface area (Å²) in [6.07, 6.45) is -8.95. The minimum Gasteiger partial charge on any atom is -0.480 e. The van der Waals surface area contributed by atoms with E-state index in [-0.39, 0.29) is 27.7 Å². The summed E-state index contributed by atoms with van der Waals surface area (Å²) < 4.78 is 112. The number of rotatable bonds is 8. The highest BCUT2D eigenvalue weighted by molar-refractivity contribution is 5.99. The number of nitrogens with zero attached hydrogens (tertiary/aromatic N) is 3. The van der Waals surface area contributed by atoms with Crippen LogP contribution in [0, 0.1) is 18.6 Å². The maximum Gasteiger partial charge on any atom is 0.417 e. The number of carbonyl (C=O) groups is 2. The predicted molar refractivity (Wildman–Crippen MR) is 155 cm³/mol. The lowest BCUT2D eigenvalue weighted by molar-refractivity contribution is -0.144. The fraction of sp³-hybridized carbons (Fsp3) is 0.290. The van der Waals surface area contributed by atoms with Crippen molar-refractivity contribution in [3.05, 3.63) is 93.0 Å². The van der Waals surface area contributed by atoms with Gasteiger partial charge < -0.3 is 19.9 Å². The van der Waals surface area contributed by atoms with Crippen LogP contribution in [0.25, 0.3) is 22.0 Å². The van der Waals surface area contributed by atoms with Gasteiger partial charge >= 0.3 is 18.3 Å². The van der Waals surface area contributed by atoms with Gasteiger partial charge in [-0.1, -0.05) is 18.2 Å². The van der Waals surface area contributed by atoms with Crippen molar-refractivity contribution >= 4 is 28.5 Å². The van der Waals surface area contributed by atoms with Crippen molar-refractivity contribution in [3.8, 4) is 11.1 Å². The highest BCUT2D eigenvalue weighted by Gasteiger charge is 2.40. The second-order valence-corrected chi connectivity index (χ2v) is 10.8. The van der Waals surface area contributed by atoms with Crippen LogP contribution in [0.4, 0.5) is 40.8 Å². The van der Waals surface area contributed by atoms with Crippen LogP contribution in [0.3, 0.4) is 0 Å². The molecule has 0 unspecified atom stereocenters. The number of hydrogen-bond donors (Lipinski definition) is 2. The minimum atomic E-state index is -4.92. The number of anilines is 1. The number of carbonyl (C=O) groups excluding carboxylic acids is 1. The summed E-state index contributed by atoms with van der Waals surface area (Å²) in [5.41, 5.74) is -4.72. The van der Waals surface area contributed by atoms with Gasteiger partial charge in [0.25, 0.3) is 11.5 Å². The Labute approximate surface area is 261 Å². The average Bonchev–Trinajstić information content (AvgIpc) is 2.97. The van der Waals surface area contributed by atoms with Gasteiger partial charge in [0, 0.05) is 49.0 Å². The van der Waals surface area contributed by atoms with Crippen LogP contribution in [0.15, 0.2) is 53.5 Å². The van der Waals surface area contributed by atoms with E-state index < -0.39 is 82.3 Å². The van der Waals surface area contributed by atoms with Crippen molar-refractivity contribution in [2.75, 3.05) is 11.9 Å². The zero-order chi connectivity index (χ0) is 35.2. The maximum absolute atomic E-state index is 14.9. The van der Waals surface area contributed by atoms with Crippen LogP contribution in [-0.2, 0) is 24.4 Å². The molecule has 4 aromatic rings. The Morgan fingerprint density at radius 2 is 1.66 bits per heavy atom. The molecule has 0 saturated carbocycles. The molecule has 0 radical (unpaired) electrons. The molecule has 8 nitrogen and oxygen atoms in total. The molecule has 0 bridgehead atoms. The van der Waals surface area contributed by atoms with Crippen molar-refractivity contribution in [2.45, 2.75) is 44.7 Å². The molecule has 0 spiro atoms. The monoisotopic (exact) mass is 670 g/mol. The molecule has 16 heteroatoms. The van der Waals surface area contributed by atoms with E-state index in [4.69, 9.17) is 0 Å². The van der Waals surface area contributed by atoms with Crippen molar-refractivity contribution < 1.29 is 49.8 Å². The van der Waals surface area contributed by atoms with Crippen LogP contribution in [-0.4, -0.2) is 51.8 Å². The van der Waals surface area contributed by atoms with Crippen LogP contribution >= 0.6 is 0 Å². The molecule has 0 aliphatic carbocycles. The van der Waals surface area contributed by atoms with E-state index in [1.165, 1.54) is 38.4 Å². The Balaban J connectivity index is 1.72. The lowest BCUT2D eigenvalue weighted by Gasteiger charge is -2.29. The first-order valence-electron chi connectivity index (χ1n) is 13.7. The molecular weight excluding hydrogens is 644 g/mol. The number of hydrogen-bond acceptors (Lipinski definition) is 5. The lowest BCUT2D eigenvalue weighted by Crippen LogP contribution is -2.43. The number of halogens is 8. The molecule has 2 atom stereocenters. The van der Waals surface area contributed by atoms with E-state index in [2.05, 4.69) is 4.98 Å². The number of amides is 1. The smallest absolute Gasteiger partial charge is 0.417 e. The van der Waals surface area contributed by atoms with E-state index in [0.717, 1.165) is 30.7 Å². The molecule has 0 saturated heterocycles. The molecule has 4 rings (SSSR count). The number of carboxylic acid groups (broad SMARTS) is 1. The molecule has 0 aliphatic rings. The predicted octanol–water partition coefficient (Wildman–Crippen LogP) is 6.02. The van der Waals surface area contributed by atoms with Crippen LogP contribution in [0.2, 0.25) is 0 Å². The number of aliphatic carboxylic acids is 1. The molecule has 1 amide bonds. The molecule has 0 fully saturated rings. The van der Waals surface area contributed by atoms with Crippen molar-refractivity contribution in [3.63, 3.8) is 0 Å². The quantitative estimate of drug-likeness (QED) is 0.223. The summed E-state index contributed by atoms with van der Waals surface area (Å²) in [6.45, 7) is 2.09. The largest absolute Gasteiger partial charge is 0.480 e. The highest BCUT2D eigenvalue weighted by atomic mass is 19.4. The number of fused-ring (bicyclic) bond motifs is 1. The van der Waals surface area contributed by atoms with E-state index in [1.807, 2.05) is 5.32 Å². The first-order valence-corrected chi connectivity index (χ1v) is 13.7. The van der Waals surface area contributed by atoms with E-state index in [9.17, 15) is 54.6 Å². The SMILES string of the molecule is Cc1cc(C(F)(F)F)c(-c2ccc(C[C@H](NC(=O)c3c(F)cc(N(C)[C@H](C)C(F)(F)F)cc3F)C(=O)O)c3cccnc23)c(=O)n1C. The molecule has 2 heterocycles.